The molecule has 134 valence electrons. The van der Waals surface area contributed by atoms with Gasteiger partial charge in [0.15, 0.2) is 0 Å². The highest BCUT2D eigenvalue weighted by molar-refractivity contribution is 5.87. The van der Waals surface area contributed by atoms with Crippen LogP contribution in [0.15, 0.2) is 11.8 Å². The number of carbonyl (C=O) groups excluding carboxylic acids is 2. The third-order valence-electron chi connectivity index (χ3n) is 5.73. The number of aliphatic hydroxyl groups is 2. The first kappa shape index (κ1) is 17.3. The second kappa shape index (κ2) is 6.39. The Labute approximate surface area is 141 Å². The van der Waals surface area contributed by atoms with Crippen LogP contribution in [0.1, 0.15) is 51.9 Å². The molecular weight excluding hydrogens is 312 g/mol. The predicted octanol–water partition coefficient (Wildman–Crippen LogP) is 2.26. The van der Waals surface area contributed by atoms with Gasteiger partial charge in [-0.15, -0.1) is 0 Å². The van der Waals surface area contributed by atoms with E-state index < -0.39 is 17.0 Å². The maximum atomic E-state index is 12.6. The zero-order valence-electron chi connectivity index (χ0n) is 14.1. The van der Waals surface area contributed by atoms with Gasteiger partial charge >= 0.3 is 11.9 Å². The van der Waals surface area contributed by atoms with E-state index in [1.807, 2.05) is 0 Å². The van der Waals surface area contributed by atoms with Gasteiger partial charge in [-0.3, -0.25) is 4.79 Å². The van der Waals surface area contributed by atoms with E-state index in [0.717, 1.165) is 32.1 Å². The molecule has 0 heterocycles. The van der Waals surface area contributed by atoms with Crippen molar-refractivity contribution in [2.75, 3.05) is 13.2 Å². The van der Waals surface area contributed by atoms with E-state index in [1.165, 1.54) is 6.92 Å². The molecule has 0 aliphatic heterocycles. The molecule has 0 amide bonds. The molecule has 2 N–H and O–H groups in total. The number of ether oxygens (including phenoxy) is 2. The summed E-state index contributed by atoms with van der Waals surface area (Å²) in [4.78, 5) is 24.0. The molecule has 4 fully saturated rings. The van der Waals surface area contributed by atoms with Gasteiger partial charge in [0.1, 0.15) is 0 Å². The van der Waals surface area contributed by atoms with Crippen molar-refractivity contribution in [3.05, 3.63) is 11.8 Å². The van der Waals surface area contributed by atoms with Crippen molar-refractivity contribution in [3.63, 3.8) is 0 Å². The molecule has 4 aliphatic carbocycles. The Morgan fingerprint density at radius 2 is 1.75 bits per heavy atom. The highest BCUT2D eigenvalue weighted by Crippen LogP contribution is 2.61. The molecule has 2 atom stereocenters. The lowest BCUT2D eigenvalue weighted by atomic mass is 9.48. The molecule has 4 rings (SSSR count). The largest absolute Gasteiger partial charge is 0.515 e. The SMILES string of the molecule is CC(=CO)C(=O)OCCCOC(=O)C12CC3CC(CC(O)(C3)C1)C2. The minimum Gasteiger partial charge on any atom is -0.515 e. The van der Waals surface area contributed by atoms with E-state index in [9.17, 15) is 14.7 Å². The fourth-order valence-corrected chi connectivity index (χ4v) is 5.16. The summed E-state index contributed by atoms with van der Waals surface area (Å²) >= 11 is 0. The van der Waals surface area contributed by atoms with Crippen molar-refractivity contribution >= 4 is 11.9 Å². The Morgan fingerprint density at radius 3 is 2.33 bits per heavy atom. The van der Waals surface area contributed by atoms with E-state index in [1.54, 1.807) is 0 Å². The zero-order valence-corrected chi connectivity index (χ0v) is 14.1. The quantitative estimate of drug-likeness (QED) is 0.334. The zero-order chi connectivity index (χ0) is 17.4. The van der Waals surface area contributed by atoms with Crippen molar-refractivity contribution < 1.29 is 29.3 Å². The average molecular weight is 338 g/mol. The minimum atomic E-state index is -0.674. The van der Waals surface area contributed by atoms with Crippen LogP contribution >= 0.6 is 0 Å². The van der Waals surface area contributed by atoms with Crippen LogP contribution < -0.4 is 0 Å². The maximum Gasteiger partial charge on any atom is 0.336 e. The molecule has 24 heavy (non-hydrogen) atoms. The summed E-state index contributed by atoms with van der Waals surface area (Å²) in [6.07, 6.45) is 6.11. The molecule has 0 spiro atoms. The van der Waals surface area contributed by atoms with Gasteiger partial charge in [0.05, 0.1) is 36.1 Å². The highest BCUT2D eigenvalue weighted by Gasteiger charge is 2.60. The number of hydrogen-bond donors (Lipinski definition) is 2. The monoisotopic (exact) mass is 338 g/mol. The van der Waals surface area contributed by atoms with E-state index >= 15 is 0 Å². The molecule has 4 aliphatic rings. The van der Waals surface area contributed by atoms with Crippen molar-refractivity contribution in [2.45, 2.75) is 57.5 Å². The van der Waals surface area contributed by atoms with Gasteiger partial charge in [-0.05, 0) is 57.3 Å². The number of aliphatic hydroxyl groups excluding tert-OH is 1. The second-order valence-electron chi connectivity index (χ2n) is 7.90. The molecule has 4 bridgehead atoms. The molecular formula is C18H26O6. The Balaban J connectivity index is 1.45. The van der Waals surface area contributed by atoms with Gasteiger partial charge in [-0.25, -0.2) is 4.79 Å². The summed E-state index contributed by atoms with van der Waals surface area (Å²) < 4.78 is 10.4. The smallest absolute Gasteiger partial charge is 0.336 e. The first-order valence-corrected chi connectivity index (χ1v) is 8.74. The molecule has 6 nitrogen and oxygen atoms in total. The summed E-state index contributed by atoms with van der Waals surface area (Å²) in [5.74, 6) is 0.107. The third kappa shape index (κ3) is 3.29. The molecule has 0 radical (unpaired) electrons. The van der Waals surface area contributed by atoms with E-state index in [-0.39, 0.29) is 24.8 Å². The summed E-state index contributed by atoms with van der Waals surface area (Å²) in [5, 5.41) is 19.4. The number of hydrogen-bond acceptors (Lipinski definition) is 6. The first-order valence-electron chi connectivity index (χ1n) is 8.74. The molecule has 2 unspecified atom stereocenters. The molecule has 4 saturated carbocycles. The normalized spacial score (nSPS) is 37.3. The van der Waals surface area contributed by atoms with Crippen LogP contribution in [0.25, 0.3) is 0 Å². The lowest BCUT2D eigenvalue weighted by Gasteiger charge is -2.58. The number of esters is 2. The van der Waals surface area contributed by atoms with Crippen molar-refractivity contribution in [3.8, 4) is 0 Å². The standard InChI is InChI=1S/C18H26O6/c1-12(10-19)15(20)23-3-2-4-24-16(21)17-6-13-5-14(7-17)9-18(22,8-13)11-17/h10,13-14,19,22H,2-9,11H2,1H3. The van der Waals surface area contributed by atoms with Gasteiger partial charge in [0.25, 0.3) is 0 Å². The van der Waals surface area contributed by atoms with Crippen molar-refractivity contribution in [2.24, 2.45) is 17.3 Å². The van der Waals surface area contributed by atoms with Crippen LogP contribution in [0.4, 0.5) is 0 Å². The Morgan fingerprint density at radius 1 is 1.12 bits per heavy atom. The van der Waals surface area contributed by atoms with Crippen LogP contribution in [0, 0.1) is 17.3 Å². The topological polar surface area (TPSA) is 93.1 Å². The maximum absolute atomic E-state index is 12.6. The summed E-state index contributed by atoms with van der Waals surface area (Å²) in [6, 6.07) is 0. The fourth-order valence-electron chi connectivity index (χ4n) is 5.16. The van der Waals surface area contributed by atoms with Crippen LogP contribution in [0.2, 0.25) is 0 Å². The van der Waals surface area contributed by atoms with Gasteiger partial charge in [0.2, 0.25) is 0 Å². The average Bonchev–Trinajstić information content (AvgIpc) is 2.50. The van der Waals surface area contributed by atoms with Gasteiger partial charge in [-0.1, -0.05) is 0 Å². The molecule has 6 heteroatoms. The molecule has 0 aromatic heterocycles. The highest BCUT2D eigenvalue weighted by atomic mass is 16.5. The van der Waals surface area contributed by atoms with Gasteiger partial charge in [0, 0.05) is 6.42 Å². The van der Waals surface area contributed by atoms with Gasteiger partial charge < -0.3 is 19.7 Å². The van der Waals surface area contributed by atoms with Crippen LogP contribution in [0.5, 0.6) is 0 Å². The summed E-state index contributed by atoms with van der Waals surface area (Å²) in [6.45, 7) is 1.79. The Hall–Kier alpha value is -1.56. The number of rotatable bonds is 6. The van der Waals surface area contributed by atoms with Crippen LogP contribution in [-0.2, 0) is 19.1 Å². The summed E-state index contributed by atoms with van der Waals surface area (Å²) in [7, 11) is 0. The van der Waals surface area contributed by atoms with E-state index in [0.29, 0.717) is 30.9 Å². The van der Waals surface area contributed by atoms with Crippen molar-refractivity contribution in [1.29, 1.82) is 0 Å². The van der Waals surface area contributed by atoms with Crippen molar-refractivity contribution in [1.82, 2.24) is 0 Å². The Bertz CT molecular complexity index is 538. The number of carbonyl (C=O) groups is 2. The van der Waals surface area contributed by atoms with Crippen LogP contribution in [0.3, 0.4) is 0 Å². The van der Waals surface area contributed by atoms with E-state index in [4.69, 9.17) is 14.6 Å². The molecule has 0 aromatic rings. The van der Waals surface area contributed by atoms with E-state index in [2.05, 4.69) is 0 Å². The van der Waals surface area contributed by atoms with Gasteiger partial charge in [-0.2, -0.15) is 0 Å². The lowest BCUT2D eigenvalue weighted by Crippen LogP contribution is -2.58. The molecule has 0 aromatic carbocycles. The summed E-state index contributed by atoms with van der Waals surface area (Å²) in [5.41, 5.74) is -1.05. The minimum absolute atomic E-state index is 0.133. The lowest BCUT2D eigenvalue weighted by molar-refractivity contribution is -0.196. The van der Waals surface area contributed by atoms with Crippen LogP contribution in [-0.4, -0.2) is 41.0 Å². The molecule has 0 saturated heterocycles. The Kier molecular flexibility index (Phi) is 4.60. The predicted molar refractivity (Wildman–Crippen MR) is 85.0 cm³/mol. The first-order chi connectivity index (χ1) is 11.4. The third-order valence-corrected chi connectivity index (χ3v) is 5.73. The second-order valence-corrected chi connectivity index (χ2v) is 7.90. The fraction of sp³-hybridized carbons (Fsp3) is 0.778.